The first-order valence-corrected chi connectivity index (χ1v) is 11.2. The Morgan fingerprint density at radius 2 is 2.00 bits per heavy atom. The number of pyridine rings is 1. The van der Waals surface area contributed by atoms with Crippen LogP contribution < -0.4 is 10.7 Å². The summed E-state index contributed by atoms with van der Waals surface area (Å²) in [6, 6.07) is 0.348. The fourth-order valence-corrected chi connectivity index (χ4v) is 6.61. The zero-order valence-corrected chi connectivity index (χ0v) is 17.6. The molecule has 4 saturated carbocycles. The highest BCUT2D eigenvalue weighted by atomic mass is 16.5. The molecule has 4 unspecified atom stereocenters. The number of fused-ring (bicyclic) bond motifs is 1. The second-order valence-corrected chi connectivity index (χ2v) is 10.6. The summed E-state index contributed by atoms with van der Waals surface area (Å²) < 4.78 is 5.98. The van der Waals surface area contributed by atoms with Gasteiger partial charge >= 0.3 is 0 Å². The van der Waals surface area contributed by atoms with Gasteiger partial charge in [-0.05, 0) is 63.7 Å². The Morgan fingerprint density at radius 3 is 2.67 bits per heavy atom. The fraction of sp³-hybridized carbons (Fsp3) is 0.652. The van der Waals surface area contributed by atoms with Gasteiger partial charge in [0.15, 0.2) is 0 Å². The molecule has 4 N–H and O–H groups in total. The van der Waals surface area contributed by atoms with E-state index in [0.717, 1.165) is 48.2 Å². The molecule has 7 rings (SSSR count). The van der Waals surface area contributed by atoms with Crippen LogP contribution in [0.1, 0.15) is 62.8 Å². The standard InChI is InChI=1S/C23H30N4O3/c1-22(2,28)21-27-26-20(30-21)16-11-24-17-5-3-4-15(17)19(16)25-18-13-6-12-7-14(18)10-23(29,8-12)9-13/h3-4,11-14,18,21,27-29H,5-10H2,1-2H3,(H,24,25)/t12?,13-,14+,18?,21?,23?. The number of anilines is 1. The second kappa shape index (κ2) is 6.20. The molecule has 30 heavy (non-hydrogen) atoms. The summed E-state index contributed by atoms with van der Waals surface area (Å²) in [6.45, 7) is 3.40. The molecule has 0 spiro atoms. The van der Waals surface area contributed by atoms with Crippen molar-refractivity contribution in [2.45, 2.75) is 75.8 Å². The van der Waals surface area contributed by atoms with Crippen LogP contribution in [0.3, 0.4) is 0 Å². The molecule has 2 heterocycles. The molecule has 4 fully saturated rings. The van der Waals surface area contributed by atoms with Gasteiger partial charge in [-0.1, -0.05) is 12.2 Å². The Balaban J connectivity index is 1.34. The molecule has 1 aromatic rings. The maximum absolute atomic E-state index is 11.0. The predicted molar refractivity (Wildman–Crippen MR) is 114 cm³/mol. The number of ether oxygens (including phenoxy) is 1. The van der Waals surface area contributed by atoms with Crippen LogP contribution in [0.25, 0.3) is 6.08 Å². The summed E-state index contributed by atoms with van der Waals surface area (Å²) in [5.74, 6) is 2.13. The SMILES string of the molecule is CC(C)(O)C1NN=C(c2cnc3c(c2NC2[C@@H]4CC5C[C@H]2CC(O)(C5)C4)C=CC3)O1. The van der Waals surface area contributed by atoms with Gasteiger partial charge in [0.05, 0.1) is 22.5 Å². The number of rotatable bonds is 4. The van der Waals surface area contributed by atoms with Gasteiger partial charge in [0, 0.05) is 24.2 Å². The molecule has 6 aliphatic rings. The molecular formula is C23H30N4O3. The highest BCUT2D eigenvalue weighted by Gasteiger charge is 2.55. The number of nitrogens with zero attached hydrogens (tertiary/aromatic N) is 2. The average Bonchev–Trinajstić information content (AvgIpc) is 3.32. The number of aromatic nitrogens is 1. The van der Waals surface area contributed by atoms with Crippen molar-refractivity contribution in [1.29, 1.82) is 0 Å². The molecular weight excluding hydrogens is 380 g/mol. The van der Waals surface area contributed by atoms with E-state index in [1.165, 1.54) is 12.8 Å². The van der Waals surface area contributed by atoms with Gasteiger partial charge in [0.25, 0.3) is 0 Å². The van der Waals surface area contributed by atoms with E-state index in [2.05, 4.69) is 33.0 Å². The van der Waals surface area contributed by atoms with Gasteiger partial charge < -0.3 is 20.3 Å². The largest absolute Gasteiger partial charge is 0.448 e. The van der Waals surface area contributed by atoms with E-state index in [1.807, 2.05) is 6.20 Å². The summed E-state index contributed by atoms with van der Waals surface area (Å²) in [5, 5.41) is 29.5. The van der Waals surface area contributed by atoms with Crippen LogP contribution in [0.2, 0.25) is 0 Å². The molecule has 7 nitrogen and oxygen atoms in total. The lowest BCUT2D eigenvalue weighted by Gasteiger charge is -2.58. The van der Waals surface area contributed by atoms with Gasteiger partial charge in [-0.2, -0.15) is 0 Å². The lowest BCUT2D eigenvalue weighted by molar-refractivity contribution is -0.129. The normalized spacial score (nSPS) is 38.3. The summed E-state index contributed by atoms with van der Waals surface area (Å²) in [7, 11) is 0. The van der Waals surface area contributed by atoms with Crippen LogP contribution >= 0.6 is 0 Å². The number of allylic oxidation sites excluding steroid dienone is 1. The third-order valence-electron chi connectivity index (χ3n) is 7.73. The molecule has 0 saturated heterocycles. The van der Waals surface area contributed by atoms with Crippen molar-refractivity contribution in [3.05, 3.63) is 29.1 Å². The number of nitrogens with one attached hydrogen (secondary N) is 2. The minimum absolute atomic E-state index is 0.348. The van der Waals surface area contributed by atoms with E-state index in [0.29, 0.717) is 29.7 Å². The summed E-state index contributed by atoms with van der Waals surface area (Å²) >= 11 is 0. The molecule has 0 radical (unpaired) electrons. The maximum atomic E-state index is 11.0. The number of hydrogen-bond donors (Lipinski definition) is 4. The Labute approximate surface area is 176 Å². The number of hydrazone groups is 1. The zero-order valence-electron chi connectivity index (χ0n) is 17.6. The lowest BCUT2D eigenvalue weighted by atomic mass is 9.52. The van der Waals surface area contributed by atoms with E-state index < -0.39 is 17.4 Å². The highest BCUT2D eigenvalue weighted by Crippen LogP contribution is 2.56. The van der Waals surface area contributed by atoms with Crippen LogP contribution in [-0.4, -0.2) is 44.6 Å². The molecule has 6 atom stereocenters. The fourth-order valence-electron chi connectivity index (χ4n) is 6.61. The van der Waals surface area contributed by atoms with Crippen LogP contribution in [0, 0.1) is 17.8 Å². The minimum atomic E-state index is -1.06. The monoisotopic (exact) mass is 410 g/mol. The summed E-state index contributed by atoms with van der Waals surface area (Å²) in [6.07, 6.45) is 11.5. The number of hydrogen-bond acceptors (Lipinski definition) is 7. The third-order valence-corrected chi connectivity index (χ3v) is 7.73. The van der Waals surface area contributed by atoms with Crippen molar-refractivity contribution in [2.24, 2.45) is 22.9 Å². The van der Waals surface area contributed by atoms with Crippen molar-refractivity contribution in [3.63, 3.8) is 0 Å². The molecule has 5 aliphatic carbocycles. The molecule has 7 heteroatoms. The van der Waals surface area contributed by atoms with Crippen LogP contribution in [-0.2, 0) is 11.2 Å². The molecule has 1 aliphatic heterocycles. The van der Waals surface area contributed by atoms with Crippen molar-refractivity contribution in [1.82, 2.24) is 10.4 Å². The van der Waals surface area contributed by atoms with E-state index >= 15 is 0 Å². The van der Waals surface area contributed by atoms with Crippen LogP contribution in [0.15, 0.2) is 17.4 Å². The predicted octanol–water partition coefficient (Wildman–Crippen LogP) is 2.38. The maximum Gasteiger partial charge on any atom is 0.243 e. The number of aliphatic hydroxyl groups is 2. The lowest BCUT2D eigenvalue weighted by Crippen LogP contribution is -2.59. The van der Waals surface area contributed by atoms with E-state index in [1.54, 1.807) is 13.8 Å². The quantitative estimate of drug-likeness (QED) is 0.608. The Hall–Kier alpha value is -2.12. The van der Waals surface area contributed by atoms with Gasteiger partial charge in [-0.25, -0.2) is 0 Å². The average molecular weight is 411 g/mol. The minimum Gasteiger partial charge on any atom is -0.448 e. The van der Waals surface area contributed by atoms with Crippen molar-refractivity contribution >= 4 is 17.7 Å². The molecule has 1 aromatic heterocycles. The second-order valence-electron chi connectivity index (χ2n) is 10.6. The van der Waals surface area contributed by atoms with Gasteiger partial charge in [-0.15, -0.1) is 5.10 Å². The topological polar surface area (TPSA) is 99.0 Å². The van der Waals surface area contributed by atoms with E-state index in [-0.39, 0.29) is 0 Å². The summed E-state index contributed by atoms with van der Waals surface area (Å²) in [4.78, 5) is 4.65. The molecule has 160 valence electrons. The first-order valence-electron chi connectivity index (χ1n) is 11.2. The van der Waals surface area contributed by atoms with Crippen molar-refractivity contribution in [2.75, 3.05) is 5.32 Å². The van der Waals surface area contributed by atoms with E-state index in [4.69, 9.17) is 4.74 Å². The highest BCUT2D eigenvalue weighted by molar-refractivity contribution is 6.02. The first-order chi connectivity index (χ1) is 14.3. The van der Waals surface area contributed by atoms with Crippen LogP contribution in [0.5, 0.6) is 0 Å². The van der Waals surface area contributed by atoms with Gasteiger partial charge in [0.2, 0.25) is 12.1 Å². The van der Waals surface area contributed by atoms with Gasteiger partial charge in [0.1, 0.15) is 5.60 Å². The Morgan fingerprint density at radius 1 is 1.23 bits per heavy atom. The Kier molecular flexibility index (Phi) is 3.85. The molecule has 4 bridgehead atoms. The van der Waals surface area contributed by atoms with E-state index in [9.17, 15) is 10.2 Å². The zero-order chi connectivity index (χ0) is 20.7. The molecule has 0 amide bonds. The smallest absolute Gasteiger partial charge is 0.243 e. The summed E-state index contributed by atoms with van der Waals surface area (Å²) in [5.41, 5.74) is 5.43. The van der Waals surface area contributed by atoms with Gasteiger partial charge in [-0.3, -0.25) is 10.4 Å². The third kappa shape index (κ3) is 2.86. The van der Waals surface area contributed by atoms with Crippen molar-refractivity contribution in [3.8, 4) is 0 Å². The van der Waals surface area contributed by atoms with Crippen molar-refractivity contribution < 1.29 is 14.9 Å². The molecule has 0 aromatic carbocycles. The Bertz CT molecular complexity index is 935. The van der Waals surface area contributed by atoms with Crippen LogP contribution in [0.4, 0.5) is 5.69 Å². The first kappa shape index (κ1) is 18.6.